The fraction of sp³-hybridized carbons (Fsp3) is 0.231. The summed E-state index contributed by atoms with van der Waals surface area (Å²) < 4.78 is 0. The molecule has 0 saturated heterocycles. The Balaban J connectivity index is 2.14. The summed E-state index contributed by atoms with van der Waals surface area (Å²) in [6, 6.07) is 7.48. The number of aromatic nitrogens is 3. The molecule has 1 aromatic carbocycles. The number of amides is 1. The Morgan fingerprint density at radius 2 is 2.11 bits per heavy atom. The highest BCUT2D eigenvalue weighted by atomic mass is 16.1. The molecule has 0 unspecified atom stereocenters. The van der Waals surface area contributed by atoms with E-state index in [9.17, 15) is 4.79 Å². The predicted octanol–water partition coefficient (Wildman–Crippen LogP) is 0.886. The number of hydrogen-bond acceptors (Lipinski definition) is 5. The first-order valence-electron chi connectivity index (χ1n) is 5.99. The molecule has 0 bridgehead atoms. The van der Waals surface area contributed by atoms with Gasteiger partial charge in [0.05, 0.1) is 12.4 Å². The Kier molecular flexibility index (Phi) is 4.52. The van der Waals surface area contributed by atoms with Gasteiger partial charge in [-0.2, -0.15) is 5.10 Å². The number of likely N-dealkylation sites (N-methyl/N-ethyl adjacent to an activating group) is 1. The molecule has 2 aromatic rings. The molecule has 0 atom stereocenters. The van der Waals surface area contributed by atoms with Crippen molar-refractivity contribution in [3.05, 3.63) is 47.8 Å². The standard InChI is InChI=1S/C13H15N5O/c1-14-7-6-10-4-2-3-5-11(10)12(19)17-13-15-8-9-16-18-13/h2-5,8-9,14H,6-7H2,1H3,(H,15,17,18,19). The second-order valence-corrected chi connectivity index (χ2v) is 3.93. The average Bonchev–Trinajstić information content (AvgIpc) is 2.46. The molecule has 19 heavy (non-hydrogen) atoms. The zero-order valence-electron chi connectivity index (χ0n) is 10.6. The van der Waals surface area contributed by atoms with Gasteiger partial charge < -0.3 is 5.32 Å². The highest BCUT2D eigenvalue weighted by molar-refractivity contribution is 6.04. The van der Waals surface area contributed by atoms with Crippen LogP contribution in [0.15, 0.2) is 36.7 Å². The number of hydrogen-bond donors (Lipinski definition) is 2. The van der Waals surface area contributed by atoms with Crippen molar-refractivity contribution in [2.24, 2.45) is 0 Å². The van der Waals surface area contributed by atoms with Crippen molar-refractivity contribution in [1.82, 2.24) is 20.5 Å². The van der Waals surface area contributed by atoms with E-state index in [4.69, 9.17) is 0 Å². The molecular weight excluding hydrogens is 242 g/mol. The van der Waals surface area contributed by atoms with E-state index < -0.39 is 0 Å². The van der Waals surface area contributed by atoms with E-state index in [2.05, 4.69) is 25.8 Å². The van der Waals surface area contributed by atoms with Crippen molar-refractivity contribution in [2.45, 2.75) is 6.42 Å². The third-order valence-corrected chi connectivity index (χ3v) is 2.61. The molecular formula is C13H15N5O. The summed E-state index contributed by atoms with van der Waals surface area (Å²) in [5, 5.41) is 13.1. The molecule has 1 aromatic heterocycles. The number of carbonyl (C=O) groups excluding carboxylic acids is 1. The summed E-state index contributed by atoms with van der Waals surface area (Å²) in [6.45, 7) is 0.813. The lowest BCUT2D eigenvalue weighted by atomic mass is 10.0. The number of benzene rings is 1. The smallest absolute Gasteiger partial charge is 0.258 e. The first-order chi connectivity index (χ1) is 9.31. The first kappa shape index (κ1) is 13.1. The molecule has 0 aliphatic rings. The van der Waals surface area contributed by atoms with Gasteiger partial charge in [0.15, 0.2) is 0 Å². The minimum atomic E-state index is -0.222. The van der Waals surface area contributed by atoms with Crippen LogP contribution < -0.4 is 10.6 Å². The molecule has 1 amide bonds. The number of carbonyl (C=O) groups is 1. The number of rotatable bonds is 5. The first-order valence-corrected chi connectivity index (χ1v) is 5.99. The van der Waals surface area contributed by atoms with Crippen LogP contribution in [0.5, 0.6) is 0 Å². The van der Waals surface area contributed by atoms with Gasteiger partial charge >= 0.3 is 0 Å². The Morgan fingerprint density at radius 1 is 1.26 bits per heavy atom. The summed E-state index contributed by atoms with van der Waals surface area (Å²) in [4.78, 5) is 16.1. The van der Waals surface area contributed by atoms with Gasteiger partial charge in [-0.3, -0.25) is 10.1 Å². The summed E-state index contributed by atoms with van der Waals surface area (Å²) >= 11 is 0. The van der Waals surface area contributed by atoms with Gasteiger partial charge in [0.1, 0.15) is 0 Å². The molecule has 2 rings (SSSR count). The van der Waals surface area contributed by atoms with Gasteiger partial charge in [0.25, 0.3) is 5.91 Å². The lowest BCUT2D eigenvalue weighted by Gasteiger charge is -2.08. The van der Waals surface area contributed by atoms with E-state index in [1.807, 2.05) is 25.2 Å². The van der Waals surface area contributed by atoms with E-state index in [1.54, 1.807) is 6.07 Å². The van der Waals surface area contributed by atoms with Crippen LogP contribution in [0.4, 0.5) is 5.95 Å². The minimum absolute atomic E-state index is 0.205. The third-order valence-electron chi connectivity index (χ3n) is 2.61. The van der Waals surface area contributed by atoms with Crippen molar-refractivity contribution < 1.29 is 4.79 Å². The third kappa shape index (κ3) is 3.56. The Morgan fingerprint density at radius 3 is 2.84 bits per heavy atom. The van der Waals surface area contributed by atoms with Crippen LogP contribution in [0.25, 0.3) is 0 Å². The number of nitrogens with one attached hydrogen (secondary N) is 2. The monoisotopic (exact) mass is 257 g/mol. The van der Waals surface area contributed by atoms with Crippen LogP contribution in [-0.2, 0) is 6.42 Å². The maximum atomic E-state index is 12.2. The van der Waals surface area contributed by atoms with Crippen molar-refractivity contribution >= 4 is 11.9 Å². The highest BCUT2D eigenvalue weighted by Crippen LogP contribution is 2.11. The molecule has 1 heterocycles. The minimum Gasteiger partial charge on any atom is -0.319 e. The summed E-state index contributed by atoms with van der Waals surface area (Å²) in [6.07, 6.45) is 3.72. The lowest BCUT2D eigenvalue weighted by molar-refractivity contribution is 0.102. The fourth-order valence-corrected chi connectivity index (χ4v) is 1.69. The van der Waals surface area contributed by atoms with Crippen LogP contribution >= 0.6 is 0 Å². The molecule has 0 aliphatic heterocycles. The zero-order valence-corrected chi connectivity index (χ0v) is 10.6. The Bertz CT molecular complexity index is 544. The normalized spacial score (nSPS) is 10.2. The molecule has 98 valence electrons. The molecule has 0 saturated carbocycles. The van der Waals surface area contributed by atoms with Gasteiger partial charge in [-0.15, -0.1) is 5.10 Å². The van der Waals surface area contributed by atoms with E-state index in [0.717, 1.165) is 18.5 Å². The van der Waals surface area contributed by atoms with Crippen molar-refractivity contribution in [3.63, 3.8) is 0 Å². The zero-order chi connectivity index (χ0) is 13.5. The van der Waals surface area contributed by atoms with Gasteiger partial charge in [-0.25, -0.2) is 4.98 Å². The second-order valence-electron chi connectivity index (χ2n) is 3.93. The van der Waals surface area contributed by atoms with Crippen LogP contribution in [0.1, 0.15) is 15.9 Å². The average molecular weight is 257 g/mol. The predicted molar refractivity (Wildman–Crippen MR) is 71.9 cm³/mol. The van der Waals surface area contributed by atoms with Gasteiger partial charge in [-0.1, -0.05) is 18.2 Å². The van der Waals surface area contributed by atoms with Crippen LogP contribution in [0.3, 0.4) is 0 Å². The SMILES string of the molecule is CNCCc1ccccc1C(=O)Nc1nccnn1. The lowest BCUT2D eigenvalue weighted by Crippen LogP contribution is -2.18. The quantitative estimate of drug-likeness (QED) is 0.831. The van der Waals surface area contributed by atoms with Crippen molar-refractivity contribution in [1.29, 1.82) is 0 Å². The van der Waals surface area contributed by atoms with E-state index in [1.165, 1.54) is 12.4 Å². The largest absolute Gasteiger partial charge is 0.319 e. The highest BCUT2D eigenvalue weighted by Gasteiger charge is 2.11. The fourth-order valence-electron chi connectivity index (χ4n) is 1.69. The maximum absolute atomic E-state index is 12.2. The molecule has 6 nitrogen and oxygen atoms in total. The maximum Gasteiger partial charge on any atom is 0.258 e. The summed E-state index contributed by atoms with van der Waals surface area (Å²) in [5.74, 6) is -0.0179. The van der Waals surface area contributed by atoms with Crippen molar-refractivity contribution in [3.8, 4) is 0 Å². The molecule has 6 heteroatoms. The van der Waals surface area contributed by atoms with Gasteiger partial charge in [0, 0.05) is 5.56 Å². The van der Waals surface area contributed by atoms with Gasteiger partial charge in [-0.05, 0) is 31.6 Å². The molecule has 0 fully saturated rings. The second kappa shape index (κ2) is 6.55. The Hall–Kier alpha value is -2.34. The Labute approximate surface area is 111 Å². The summed E-state index contributed by atoms with van der Waals surface area (Å²) in [7, 11) is 1.88. The molecule has 0 spiro atoms. The number of anilines is 1. The van der Waals surface area contributed by atoms with E-state index in [0.29, 0.717) is 5.56 Å². The van der Waals surface area contributed by atoms with E-state index >= 15 is 0 Å². The van der Waals surface area contributed by atoms with Crippen LogP contribution in [0, 0.1) is 0 Å². The van der Waals surface area contributed by atoms with Crippen LogP contribution in [0.2, 0.25) is 0 Å². The summed E-state index contributed by atoms with van der Waals surface area (Å²) in [5.41, 5.74) is 1.61. The van der Waals surface area contributed by atoms with Gasteiger partial charge in [0.2, 0.25) is 5.95 Å². The topological polar surface area (TPSA) is 79.8 Å². The molecule has 0 radical (unpaired) electrons. The molecule has 0 aliphatic carbocycles. The van der Waals surface area contributed by atoms with Crippen molar-refractivity contribution in [2.75, 3.05) is 18.9 Å². The molecule has 2 N–H and O–H groups in total. The van der Waals surface area contributed by atoms with E-state index in [-0.39, 0.29) is 11.9 Å². The van der Waals surface area contributed by atoms with Crippen LogP contribution in [-0.4, -0.2) is 34.7 Å². The number of nitrogens with zero attached hydrogens (tertiary/aromatic N) is 3.